The van der Waals surface area contributed by atoms with Gasteiger partial charge in [0.05, 0.1) is 5.69 Å². The largest absolute Gasteiger partial charge is 0.339 e. The maximum atomic E-state index is 6.11. The van der Waals surface area contributed by atoms with Crippen molar-refractivity contribution in [3.05, 3.63) is 43.7 Å². The van der Waals surface area contributed by atoms with E-state index in [4.69, 9.17) is 11.6 Å². The van der Waals surface area contributed by atoms with Crippen molar-refractivity contribution in [2.45, 2.75) is 13.8 Å². The van der Waals surface area contributed by atoms with Crippen LogP contribution < -0.4 is 5.32 Å². The average molecular weight is 391 g/mol. The smallest absolute Gasteiger partial charge is 0.135 e. The van der Waals surface area contributed by atoms with E-state index >= 15 is 0 Å². The first-order chi connectivity index (χ1) is 8.45. The molecule has 1 heterocycles. The Morgan fingerprint density at radius 2 is 1.83 bits per heavy atom. The van der Waals surface area contributed by atoms with Crippen LogP contribution in [0, 0.1) is 13.8 Å². The van der Waals surface area contributed by atoms with Gasteiger partial charge in [-0.05, 0) is 63.4 Å². The number of nitrogens with zero attached hydrogens (tertiary/aromatic N) is 2. The molecule has 0 radical (unpaired) electrons. The first kappa shape index (κ1) is 13.8. The van der Waals surface area contributed by atoms with Crippen LogP contribution in [0.5, 0.6) is 0 Å². The van der Waals surface area contributed by atoms with E-state index in [1.807, 2.05) is 32.0 Å². The number of hydrogen-bond donors (Lipinski definition) is 1. The Balaban J connectivity index is 2.36. The highest BCUT2D eigenvalue weighted by atomic mass is 79.9. The van der Waals surface area contributed by atoms with E-state index in [0.717, 1.165) is 26.1 Å². The number of nitrogens with one attached hydrogen (secondary N) is 1. The summed E-state index contributed by atoms with van der Waals surface area (Å²) in [6.45, 7) is 3.80. The standard InChI is InChI=1S/C12H10Br2ClN3/c1-6-3-8(13)10(4-9(6)15)18-12-5-11(14)16-7(2)17-12/h3-5H,1-2H3,(H,16,17,18). The molecule has 0 bridgehead atoms. The van der Waals surface area contributed by atoms with Crippen LogP contribution in [-0.4, -0.2) is 9.97 Å². The number of anilines is 2. The van der Waals surface area contributed by atoms with Crippen LogP contribution >= 0.6 is 43.5 Å². The highest BCUT2D eigenvalue weighted by Crippen LogP contribution is 2.31. The Hall–Kier alpha value is -0.650. The van der Waals surface area contributed by atoms with Crippen molar-refractivity contribution >= 4 is 55.0 Å². The molecule has 94 valence electrons. The Morgan fingerprint density at radius 3 is 2.50 bits per heavy atom. The SMILES string of the molecule is Cc1nc(Br)cc(Nc2cc(Cl)c(C)cc2Br)n1. The summed E-state index contributed by atoms with van der Waals surface area (Å²) in [5, 5.41) is 3.92. The summed E-state index contributed by atoms with van der Waals surface area (Å²) in [4.78, 5) is 8.46. The Kier molecular flexibility index (Phi) is 4.25. The van der Waals surface area contributed by atoms with Gasteiger partial charge in [0.1, 0.15) is 16.2 Å². The molecular formula is C12H10Br2ClN3. The molecule has 2 rings (SSSR count). The third-order valence-electron chi connectivity index (χ3n) is 2.32. The van der Waals surface area contributed by atoms with Gasteiger partial charge in [0.15, 0.2) is 0 Å². The van der Waals surface area contributed by atoms with Crippen molar-refractivity contribution in [3.8, 4) is 0 Å². The topological polar surface area (TPSA) is 37.8 Å². The second-order valence-electron chi connectivity index (χ2n) is 3.83. The predicted molar refractivity (Wildman–Crippen MR) is 81.6 cm³/mol. The minimum Gasteiger partial charge on any atom is -0.339 e. The normalized spacial score (nSPS) is 10.5. The second kappa shape index (κ2) is 5.55. The fourth-order valence-corrected chi connectivity index (χ4v) is 2.67. The molecule has 0 spiro atoms. The molecular weight excluding hydrogens is 381 g/mol. The Bertz CT molecular complexity index is 582. The van der Waals surface area contributed by atoms with Crippen LogP contribution in [0.1, 0.15) is 11.4 Å². The first-order valence-electron chi connectivity index (χ1n) is 5.19. The third-order valence-corrected chi connectivity index (χ3v) is 3.79. The molecule has 1 aromatic heterocycles. The van der Waals surface area contributed by atoms with E-state index in [-0.39, 0.29) is 0 Å². The molecule has 0 unspecified atom stereocenters. The highest BCUT2D eigenvalue weighted by molar-refractivity contribution is 9.10. The van der Waals surface area contributed by atoms with E-state index in [2.05, 4.69) is 47.1 Å². The van der Waals surface area contributed by atoms with Crippen molar-refractivity contribution < 1.29 is 0 Å². The molecule has 0 aliphatic heterocycles. The quantitative estimate of drug-likeness (QED) is 0.731. The molecule has 18 heavy (non-hydrogen) atoms. The molecule has 2 aromatic rings. The zero-order valence-electron chi connectivity index (χ0n) is 9.76. The van der Waals surface area contributed by atoms with Gasteiger partial charge in [-0.2, -0.15) is 0 Å². The zero-order chi connectivity index (χ0) is 13.3. The molecule has 0 amide bonds. The number of aryl methyl sites for hydroxylation is 2. The molecule has 1 N–H and O–H groups in total. The fraction of sp³-hybridized carbons (Fsp3) is 0.167. The van der Waals surface area contributed by atoms with Gasteiger partial charge < -0.3 is 5.32 Å². The van der Waals surface area contributed by atoms with Crippen molar-refractivity contribution in [1.82, 2.24) is 9.97 Å². The van der Waals surface area contributed by atoms with Gasteiger partial charge in [0.25, 0.3) is 0 Å². The fourth-order valence-electron chi connectivity index (χ4n) is 1.48. The van der Waals surface area contributed by atoms with E-state index in [1.165, 1.54) is 0 Å². The van der Waals surface area contributed by atoms with E-state index in [9.17, 15) is 0 Å². The van der Waals surface area contributed by atoms with Crippen LogP contribution in [0.4, 0.5) is 11.5 Å². The van der Waals surface area contributed by atoms with Gasteiger partial charge in [-0.25, -0.2) is 9.97 Å². The van der Waals surface area contributed by atoms with E-state index in [1.54, 1.807) is 0 Å². The molecule has 0 aliphatic rings. The molecule has 1 aromatic carbocycles. The lowest BCUT2D eigenvalue weighted by molar-refractivity contribution is 1.04. The highest BCUT2D eigenvalue weighted by Gasteiger charge is 2.06. The van der Waals surface area contributed by atoms with Gasteiger partial charge in [-0.1, -0.05) is 11.6 Å². The minimum absolute atomic E-state index is 0.696. The first-order valence-corrected chi connectivity index (χ1v) is 7.16. The van der Waals surface area contributed by atoms with Crippen molar-refractivity contribution in [1.29, 1.82) is 0 Å². The molecule has 0 atom stereocenters. The molecule has 0 saturated heterocycles. The van der Waals surface area contributed by atoms with Crippen molar-refractivity contribution in [2.75, 3.05) is 5.32 Å². The summed E-state index contributed by atoms with van der Waals surface area (Å²) in [5.41, 5.74) is 1.89. The average Bonchev–Trinajstić information content (AvgIpc) is 2.24. The minimum atomic E-state index is 0.696. The van der Waals surface area contributed by atoms with Crippen molar-refractivity contribution in [3.63, 3.8) is 0 Å². The summed E-state index contributed by atoms with van der Waals surface area (Å²) >= 11 is 13.0. The summed E-state index contributed by atoms with van der Waals surface area (Å²) in [7, 11) is 0. The van der Waals surface area contributed by atoms with Crippen LogP contribution in [-0.2, 0) is 0 Å². The van der Waals surface area contributed by atoms with Crippen LogP contribution in [0.2, 0.25) is 5.02 Å². The summed E-state index contributed by atoms with van der Waals surface area (Å²) in [5.74, 6) is 1.41. The van der Waals surface area contributed by atoms with Gasteiger partial charge in [-0.15, -0.1) is 0 Å². The summed E-state index contributed by atoms with van der Waals surface area (Å²) < 4.78 is 1.68. The maximum Gasteiger partial charge on any atom is 0.135 e. The van der Waals surface area contributed by atoms with Crippen LogP contribution in [0.15, 0.2) is 27.3 Å². The number of aromatic nitrogens is 2. The van der Waals surface area contributed by atoms with E-state index < -0.39 is 0 Å². The van der Waals surface area contributed by atoms with Gasteiger partial charge in [0.2, 0.25) is 0 Å². The second-order valence-corrected chi connectivity index (χ2v) is 5.90. The molecule has 3 nitrogen and oxygen atoms in total. The number of benzene rings is 1. The predicted octanol–water partition coefficient (Wildman–Crippen LogP) is 5.02. The molecule has 0 saturated carbocycles. The third kappa shape index (κ3) is 3.22. The Morgan fingerprint density at radius 1 is 1.11 bits per heavy atom. The Labute approximate surface area is 127 Å². The maximum absolute atomic E-state index is 6.11. The van der Waals surface area contributed by atoms with Gasteiger partial charge in [0, 0.05) is 15.6 Å². The van der Waals surface area contributed by atoms with Gasteiger partial charge in [-0.3, -0.25) is 0 Å². The summed E-state index contributed by atoms with van der Waals surface area (Å²) in [6.07, 6.45) is 0. The summed E-state index contributed by atoms with van der Waals surface area (Å²) in [6, 6.07) is 5.65. The molecule has 6 heteroatoms. The van der Waals surface area contributed by atoms with E-state index in [0.29, 0.717) is 10.8 Å². The zero-order valence-corrected chi connectivity index (χ0v) is 13.7. The monoisotopic (exact) mass is 389 g/mol. The number of hydrogen-bond acceptors (Lipinski definition) is 3. The van der Waals surface area contributed by atoms with Crippen LogP contribution in [0.25, 0.3) is 0 Å². The number of halogens is 3. The molecule has 0 aliphatic carbocycles. The number of rotatable bonds is 2. The van der Waals surface area contributed by atoms with Gasteiger partial charge >= 0.3 is 0 Å². The van der Waals surface area contributed by atoms with Crippen molar-refractivity contribution in [2.24, 2.45) is 0 Å². The van der Waals surface area contributed by atoms with Crippen LogP contribution in [0.3, 0.4) is 0 Å². The lowest BCUT2D eigenvalue weighted by atomic mass is 10.2. The lowest BCUT2D eigenvalue weighted by Gasteiger charge is -2.10. The lowest BCUT2D eigenvalue weighted by Crippen LogP contribution is -1.98. The molecule has 0 fully saturated rings.